The van der Waals surface area contributed by atoms with E-state index < -0.39 is 0 Å². The van der Waals surface area contributed by atoms with Crippen molar-refractivity contribution in [3.8, 4) is 0 Å². The quantitative estimate of drug-likeness (QED) is 0.416. The molecule has 1 amide bonds. The molecule has 2 aromatic heterocycles. The minimum absolute atomic E-state index is 0.0772. The van der Waals surface area contributed by atoms with Crippen molar-refractivity contribution in [1.82, 2.24) is 19.4 Å². The van der Waals surface area contributed by atoms with Gasteiger partial charge in [-0.3, -0.25) is 14.5 Å². The molecule has 0 bridgehead atoms. The number of carbonyl (C=O) groups excluding carboxylic acids is 1. The number of anilines is 1. The number of carbonyl (C=O) groups is 1. The summed E-state index contributed by atoms with van der Waals surface area (Å²) in [6.45, 7) is 8.96. The Morgan fingerprint density at radius 2 is 1.73 bits per heavy atom. The first-order chi connectivity index (χ1) is 17.8. The van der Waals surface area contributed by atoms with Gasteiger partial charge in [0.05, 0.1) is 11.3 Å². The molecule has 7 nitrogen and oxygen atoms in total. The van der Waals surface area contributed by atoms with E-state index in [9.17, 15) is 14.0 Å². The van der Waals surface area contributed by atoms with Crippen LogP contribution in [0.3, 0.4) is 0 Å². The number of fused-ring (bicyclic) bond motifs is 3. The highest BCUT2D eigenvalue weighted by molar-refractivity contribution is 6.17. The second-order valence-corrected chi connectivity index (χ2v) is 10.2. The molecule has 1 aliphatic rings. The second-order valence-electron chi connectivity index (χ2n) is 10.2. The maximum absolute atomic E-state index is 14.1. The van der Waals surface area contributed by atoms with E-state index >= 15 is 0 Å². The van der Waals surface area contributed by atoms with E-state index in [1.165, 1.54) is 6.07 Å². The first-order valence-electron chi connectivity index (χ1n) is 13.0. The van der Waals surface area contributed by atoms with Gasteiger partial charge in [0.15, 0.2) is 0 Å². The van der Waals surface area contributed by atoms with E-state index in [-0.39, 0.29) is 23.2 Å². The van der Waals surface area contributed by atoms with E-state index in [2.05, 4.69) is 29.0 Å². The van der Waals surface area contributed by atoms with Crippen molar-refractivity contribution in [3.05, 3.63) is 76.5 Å². The summed E-state index contributed by atoms with van der Waals surface area (Å²) in [5.41, 5.74) is 2.58. The summed E-state index contributed by atoms with van der Waals surface area (Å²) >= 11 is 0. The molecule has 0 unspecified atom stereocenters. The van der Waals surface area contributed by atoms with E-state index in [1.54, 1.807) is 16.8 Å². The molecule has 2 aromatic carbocycles. The predicted octanol–water partition coefficient (Wildman–Crippen LogP) is 3.84. The molecule has 194 valence electrons. The molecule has 1 fully saturated rings. The molecule has 8 heteroatoms. The monoisotopic (exact) mass is 503 g/mol. The predicted molar refractivity (Wildman–Crippen MR) is 147 cm³/mol. The van der Waals surface area contributed by atoms with E-state index in [4.69, 9.17) is 0 Å². The van der Waals surface area contributed by atoms with Crippen LogP contribution in [0, 0.1) is 11.7 Å². The third kappa shape index (κ3) is 4.85. The number of nitrogens with zero attached hydrogens (tertiary/aromatic N) is 4. The van der Waals surface area contributed by atoms with E-state index in [1.807, 2.05) is 48.0 Å². The van der Waals surface area contributed by atoms with Gasteiger partial charge in [-0.15, -0.1) is 0 Å². The zero-order chi connectivity index (χ0) is 26.1. The summed E-state index contributed by atoms with van der Waals surface area (Å²) in [6, 6.07) is 14.7. The zero-order valence-electron chi connectivity index (χ0n) is 21.7. The number of amides is 1. The molecule has 0 aliphatic carbocycles. The van der Waals surface area contributed by atoms with Crippen molar-refractivity contribution in [1.29, 1.82) is 0 Å². The average Bonchev–Trinajstić information content (AvgIpc) is 3.19. The fourth-order valence-electron chi connectivity index (χ4n) is 5.38. The van der Waals surface area contributed by atoms with Crippen LogP contribution in [-0.2, 0) is 13.6 Å². The number of hydrogen-bond donors (Lipinski definition) is 1. The number of benzene rings is 2. The zero-order valence-corrected chi connectivity index (χ0v) is 21.7. The Hall–Kier alpha value is -3.65. The fraction of sp³-hybridized carbons (Fsp3) is 0.379. The van der Waals surface area contributed by atoms with Gasteiger partial charge in [0.25, 0.3) is 11.5 Å². The molecule has 3 heterocycles. The summed E-state index contributed by atoms with van der Waals surface area (Å²) in [7, 11) is 1.88. The number of piperazine rings is 1. The number of aromatic nitrogens is 2. The van der Waals surface area contributed by atoms with Gasteiger partial charge in [-0.25, -0.2) is 4.39 Å². The van der Waals surface area contributed by atoms with Crippen molar-refractivity contribution < 1.29 is 9.18 Å². The lowest BCUT2D eigenvalue weighted by Crippen LogP contribution is -2.48. The summed E-state index contributed by atoms with van der Waals surface area (Å²) in [5.74, 6) is -0.102. The summed E-state index contributed by atoms with van der Waals surface area (Å²) in [4.78, 5) is 31.2. The molecule has 1 N–H and O–H groups in total. The van der Waals surface area contributed by atoms with Crippen LogP contribution in [0.2, 0.25) is 0 Å². The summed E-state index contributed by atoms with van der Waals surface area (Å²) in [5, 5.41) is 4.70. The smallest absolute Gasteiger partial charge is 0.275 e. The molecule has 1 aliphatic heterocycles. The second kappa shape index (κ2) is 10.4. The van der Waals surface area contributed by atoms with Crippen LogP contribution in [0.15, 0.2) is 59.5 Å². The molecular formula is C29H34FN5O2. The van der Waals surface area contributed by atoms with Gasteiger partial charge in [0.1, 0.15) is 11.3 Å². The Bertz CT molecular complexity index is 1500. The van der Waals surface area contributed by atoms with Crippen LogP contribution < -0.4 is 15.8 Å². The SMILES string of the molecule is CC(C)Cn1cc(C(=O)NCCN2CCN(c3ccccc3F)CC2)c2c3ccccc3n(C)c2c1=O. The fourth-order valence-corrected chi connectivity index (χ4v) is 5.38. The molecular weight excluding hydrogens is 469 g/mol. The Kier molecular flexibility index (Phi) is 7.02. The summed E-state index contributed by atoms with van der Waals surface area (Å²) < 4.78 is 17.7. The van der Waals surface area contributed by atoms with Crippen molar-refractivity contribution in [2.75, 3.05) is 44.2 Å². The normalized spacial score (nSPS) is 14.7. The van der Waals surface area contributed by atoms with Crippen molar-refractivity contribution in [2.24, 2.45) is 13.0 Å². The minimum atomic E-state index is -0.193. The number of aryl methyl sites for hydroxylation is 1. The Morgan fingerprint density at radius 1 is 1.03 bits per heavy atom. The minimum Gasteiger partial charge on any atom is -0.367 e. The van der Waals surface area contributed by atoms with E-state index in [0.29, 0.717) is 41.8 Å². The maximum atomic E-state index is 14.1. The van der Waals surface area contributed by atoms with Gasteiger partial charge < -0.3 is 19.4 Å². The third-order valence-corrected chi connectivity index (χ3v) is 7.21. The van der Waals surface area contributed by atoms with Crippen LogP contribution >= 0.6 is 0 Å². The van der Waals surface area contributed by atoms with Crippen LogP contribution in [0.25, 0.3) is 21.8 Å². The van der Waals surface area contributed by atoms with Gasteiger partial charge in [-0.05, 0) is 24.1 Å². The van der Waals surface area contributed by atoms with Crippen LogP contribution in [0.1, 0.15) is 24.2 Å². The number of hydrogen-bond acceptors (Lipinski definition) is 4. The van der Waals surface area contributed by atoms with Gasteiger partial charge in [0.2, 0.25) is 0 Å². The standard InChI is InChI=1S/C29H34FN5O2/c1-20(2)18-35-19-22(26-21-8-4-6-10-24(21)32(3)27(26)29(35)37)28(36)31-12-13-33-14-16-34(17-15-33)25-11-7-5-9-23(25)30/h4-11,19-20H,12-18H2,1-3H3,(H,31,36). The molecule has 0 spiro atoms. The van der Waals surface area contributed by atoms with Gasteiger partial charge in [-0.2, -0.15) is 0 Å². The number of rotatable bonds is 7. The van der Waals surface area contributed by atoms with Crippen molar-refractivity contribution in [3.63, 3.8) is 0 Å². The van der Waals surface area contributed by atoms with Crippen LogP contribution in [0.5, 0.6) is 0 Å². The first kappa shape index (κ1) is 25.0. The lowest BCUT2D eigenvalue weighted by atomic mass is 10.1. The Morgan fingerprint density at radius 3 is 2.46 bits per heavy atom. The lowest BCUT2D eigenvalue weighted by Gasteiger charge is -2.36. The lowest BCUT2D eigenvalue weighted by molar-refractivity contribution is 0.0948. The van der Waals surface area contributed by atoms with E-state index in [0.717, 1.165) is 37.1 Å². The van der Waals surface area contributed by atoms with Crippen LogP contribution in [-0.4, -0.2) is 59.2 Å². The highest BCUT2D eigenvalue weighted by Crippen LogP contribution is 2.29. The maximum Gasteiger partial charge on any atom is 0.275 e. The number of pyridine rings is 1. The highest BCUT2D eigenvalue weighted by Gasteiger charge is 2.22. The molecule has 0 atom stereocenters. The van der Waals surface area contributed by atoms with Gasteiger partial charge >= 0.3 is 0 Å². The van der Waals surface area contributed by atoms with Crippen molar-refractivity contribution in [2.45, 2.75) is 20.4 Å². The van der Waals surface area contributed by atoms with Crippen LogP contribution in [0.4, 0.5) is 10.1 Å². The molecule has 1 saturated heterocycles. The molecule has 0 saturated carbocycles. The van der Waals surface area contributed by atoms with Gasteiger partial charge in [-0.1, -0.05) is 44.2 Å². The average molecular weight is 504 g/mol. The number of halogens is 1. The van der Waals surface area contributed by atoms with Crippen molar-refractivity contribution >= 4 is 33.4 Å². The number of nitrogens with one attached hydrogen (secondary N) is 1. The molecule has 0 radical (unpaired) electrons. The Labute approximate surface area is 216 Å². The first-order valence-corrected chi connectivity index (χ1v) is 13.0. The number of para-hydroxylation sites is 2. The third-order valence-electron chi connectivity index (χ3n) is 7.21. The summed E-state index contributed by atoms with van der Waals surface area (Å²) in [6.07, 6.45) is 1.72. The largest absolute Gasteiger partial charge is 0.367 e. The molecule has 5 rings (SSSR count). The molecule has 37 heavy (non-hydrogen) atoms. The highest BCUT2D eigenvalue weighted by atomic mass is 19.1. The Balaban J connectivity index is 1.32. The molecule has 4 aromatic rings. The topological polar surface area (TPSA) is 62.5 Å². The van der Waals surface area contributed by atoms with Gasteiger partial charge in [0, 0.05) is 75.3 Å².